The Balaban J connectivity index is 2.75. The van der Waals surface area contributed by atoms with Crippen molar-refractivity contribution in [2.75, 3.05) is 0 Å². The summed E-state index contributed by atoms with van der Waals surface area (Å²) in [6.45, 7) is 21.3. The van der Waals surface area contributed by atoms with Crippen LogP contribution in [0.4, 0.5) is 0 Å². The van der Waals surface area contributed by atoms with Gasteiger partial charge in [0.25, 0.3) is 0 Å². The monoisotopic (exact) mass is 382 g/mol. The molecule has 0 saturated carbocycles. The van der Waals surface area contributed by atoms with Crippen LogP contribution in [-0.4, -0.2) is 8.07 Å². The van der Waals surface area contributed by atoms with Crippen molar-refractivity contribution < 1.29 is 4.57 Å². The summed E-state index contributed by atoms with van der Waals surface area (Å²) >= 11 is 0. The van der Waals surface area contributed by atoms with E-state index in [-0.39, 0.29) is 5.41 Å². The molecule has 0 aliphatic carbocycles. The fourth-order valence-corrected chi connectivity index (χ4v) is 5.90. The Hall–Kier alpha value is -1.41. The van der Waals surface area contributed by atoms with Crippen molar-refractivity contribution in [1.29, 1.82) is 0 Å². The second kappa shape index (κ2) is 7.91. The molecule has 0 bridgehead atoms. The summed E-state index contributed by atoms with van der Waals surface area (Å²) in [5.41, 5.74) is 7.23. The van der Waals surface area contributed by atoms with E-state index >= 15 is 0 Å². The quantitative estimate of drug-likeness (QED) is 0.426. The zero-order valence-electron chi connectivity index (χ0n) is 19.3. The highest BCUT2D eigenvalue weighted by molar-refractivity contribution is 6.89. The van der Waals surface area contributed by atoms with E-state index in [2.05, 4.69) is 103 Å². The van der Waals surface area contributed by atoms with E-state index in [1.165, 1.54) is 40.8 Å². The molecule has 1 aromatic heterocycles. The van der Waals surface area contributed by atoms with Gasteiger partial charge in [-0.2, -0.15) is 0 Å². The molecule has 0 spiro atoms. The predicted molar refractivity (Wildman–Crippen MR) is 123 cm³/mol. The number of aryl methyl sites for hydroxylation is 2. The van der Waals surface area contributed by atoms with Crippen LogP contribution < -0.4 is 9.75 Å². The summed E-state index contributed by atoms with van der Waals surface area (Å²) in [7, 11) is 0.799. The molecular weight excluding hydrogens is 342 g/mol. The number of benzene rings is 1. The number of hydrogen-bond acceptors (Lipinski definition) is 0. The molecule has 0 atom stereocenters. The average molecular weight is 383 g/mol. The van der Waals surface area contributed by atoms with E-state index in [1.54, 1.807) is 5.19 Å². The molecule has 0 N–H and O–H groups in total. The lowest BCUT2D eigenvalue weighted by Gasteiger charge is -2.28. The molecule has 1 aromatic carbocycles. The van der Waals surface area contributed by atoms with E-state index in [9.17, 15) is 0 Å². The maximum absolute atomic E-state index is 2.48. The second-order valence-electron chi connectivity index (χ2n) is 10.2. The van der Waals surface area contributed by atoms with Crippen LogP contribution in [0.1, 0.15) is 70.1 Å². The van der Waals surface area contributed by atoms with Crippen LogP contribution in [0, 0.1) is 6.92 Å². The first kappa shape index (κ1) is 21.9. The fraction of sp³-hybridized carbons (Fsp3) is 0.560. The summed E-state index contributed by atoms with van der Waals surface area (Å²) in [4.78, 5) is 0. The number of aromatic nitrogens is 1. The Morgan fingerprint density at radius 3 is 2.07 bits per heavy atom. The topological polar surface area (TPSA) is 3.88 Å². The highest BCUT2D eigenvalue weighted by Crippen LogP contribution is 2.31. The zero-order valence-corrected chi connectivity index (χ0v) is 20.3. The molecule has 2 aromatic rings. The molecule has 0 aliphatic heterocycles. The van der Waals surface area contributed by atoms with Gasteiger partial charge in [0.1, 0.15) is 7.05 Å². The highest BCUT2D eigenvalue weighted by Gasteiger charge is 2.31. The van der Waals surface area contributed by atoms with E-state index in [0.717, 1.165) is 0 Å². The molecule has 0 fully saturated rings. The molecule has 1 nitrogen and oxygen atoms in total. The molecule has 2 rings (SSSR count). The van der Waals surface area contributed by atoms with Crippen LogP contribution in [0.15, 0.2) is 30.5 Å². The zero-order chi connectivity index (χ0) is 20.6. The summed E-state index contributed by atoms with van der Waals surface area (Å²) in [6.07, 6.45) is 4.82. The first-order valence-electron chi connectivity index (χ1n) is 10.6. The van der Waals surface area contributed by atoms with Crippen LogP contribution in [0.2, 0.25) is 19.6 Å². The lowest BCUT2D eigenvalue weighted by atomic mass is 9.85. The van der Waals surface area contributed by atoms with Crippen LogP contribution >= 0.6 is 0 Å². The SMILES string of the molecule is CCC(CC)c1ccc(C)c(-c2cc(C(C)(C)C)c([Si](C)(C)C)c[n+]2C)c1. The number of hydrogen-bond donors (Lipinski definition) is 0. The molecule has 0 saturated heterocycles. The van der Waals surface area contributed by atoms with Crippen LogP contribution in [-0.2, 0) is 12.5 Å². The fourth-order valence-electron chi connectivity index (χ4n) is 4.06. The van der Waals surface area contributed by atoms with Crippen molar-refractivity contribution in [3.8, 4) is 11.3 Å². The van der Waals surface area contributed by atoms with Crippen LogP contribution in [0.3, 0.4) is 0 Å². The van der Waals surface area contributed by atoms with Gasteiger partial charge in [-0.15, -0.1) is 0 Å². The average Bonchev–Trinajstić information content (AvgIpc) is 2.55. The van der Waals surface area contributed by atoms with Crippen molar-refractivity contribution in [1.82, 2.24) is 0 Å². The van der Waals surface area contributed by atoms with E-state index in [0.29, 0.717) is 5.92 Å². The summed E-state index contributed by atoms with van der Waals surface area (Å²) < 4.78 is 2.36. The maximum atomic E-state index is 2.48. The lowest BCUT2D eigenvalue weighted by Crippen LogP contribution is -2.49. The molecule has 27 heavy (non-hydrogen) atoms. The third kappa shape index (κ3) is 4.71. The minimum Gasteiger partial charge on any atom is -0.201 e. The minimum atomic E-state index is -1.42. The van der Waals surface area contributed by atoms with Crippen molar-refractivity contribution in [2.45, 2.75) is 85.4 Å². The van der Waals surface area contributed by atoms with Gasteiger partial charge in [-0.3, -0.25) is 0 Å². The Labute approximate surface area is 168 Å². The van der Waals surface area contributed by atoms with Crippen LogP contribution in [0.5, 0.6) is 0 Å². The largest absolute Gasteiger partial charge is 0.212 e. The minimum absolute atomic E-state index is 0.152. The summed E-state index contributed by atoms with van der Waals surface area (Å²) in [5.74, 6) is 0.651. The van der Waals surface area contributed by atoms with Gasteiger partial charge in [0.2, 0.25) is 5.69 Å². The normalized spacial score (nSPS) is 12.7. The maximum Gasteiger partial charge on any atom is 0.212 e. The van der Waals surface area contributed by atoms with Gasteiger partial charge in [-0.1, -0.05) is 66.4 Å². The van der Waals surface area contributed by atoms with E-state index < -0.39 is 8.07 Å². The van der Waals surface area contributed by atoms with Crippen LogP contribution in [0.25, 0.3) is 11.3 Å². The molecule has 0 amide bonds. The molecule has 148 valence electrons. The third-order valence-corrected chi connectivity index (χ3v) is 7.90. The highest BCUT2D eigenvalue weighted by atomic mass is 28.3. The molecular formula is C25H40NSi+. The lowest BCUT2D eigenvalue weighted by molar-refractivity contribution is -0.659. The number of rotatable bonds is 5. The Morgan fingerprint density at radius 1 is 1.00 bits per heavy atom. The Bertz CT molecular complexity index is 802. The molecule has 0 radical (unpaired) electrons. The van der Waals surface area contributed by atoms with Gasteiger partial charge < -0.3 is 0 Å². The van der Waals surface area contributed by atoms with E-state index in [1.807, 2.05) is 0 Å². The molecule has 2 heteroatoms. The molecule has 1 heterocycles. The number of nitrogens with zero attached hydrogens (tertiary/aromatic N) is 1. The smallest absolute Gasteiger partial charge is 0.201 e. The van der Waals surface area contributed by atoms with Crippen molar-refractivity contribution in [3.63, 3.8) is 0 Å². The first-order chi connectivity index (χ1) is 12.4. The van der Waals surface area contributed by atoms with Gasteiger partial charge in [0.15, 0.2) is 6.20 Å². The van der Waals surface area contributed by atoms with E-state index in [4.69, 9.17) is 0 Å². The summed E-state index contributed by atoms with van der Waals surface area (Å²) in [5, 5.41) is 1.58. The van der Waals surface area contributed by atoms with Gasteiger partial charge in [0, 0.05) is 16.8 Å². The third-order valence-electron chi connectivity index (χ3n) is 5.88. The summed E-state index contributed by atoms with van der Waals surface area (Å²) in [6, 6.07) is 9.57. The van der Waals surface area contributed by atoms with Gasteiger partial charge in [-0.05, 0) is 53.9 Å². The van der Waals surface area contributed by atoms with Gasteiger partial charge in [0.05, 0.1) is 8.07 Å². The molecule has 0 aliphatic rings. The standard InChI is InChI=1S/C25H40NSi/c1-11-19(12-2)20-14-13-18(3)21(15-20)23-16-22(25(4,5)6)24(17-26(23)7)27(8,9)10/h13-17,19H,11-12H2,1-10H3/q+1. The second-order valence-corrected chi connectivity index (χ2v) is 15.2. The Morgan fingerprint density at radius 2 is 1.59 bits per heavy atom. The predicted octanol–water partition coefficient (Wildman–Crippen LogP) is 6.23. The van der Waals surface area contributed by atoms with Crippen molar-refractivity contribution >= 4 is 13.3 Å². The Kier molecular flexibility index (Phi) is 6.41. The van der Waals surface area contributed by atoms with Gasteiger partial charge in [-0.25, -0.2) is 4.57 Å². The number of pyridine rings is 1. The van der Waals surface area contributed by atoms with Crippen molar-refractivity contribution in [2.24, 2.45) is 7.05 Å². The van der Waals surface area contributed by atoms with Crippen molar-refractivity contribution in [3.05, 3.63) is 47.2 Å². The van der Waals surface area contributed by atoms with Gasteiger partial charge >= 0.3 is 0 Å². The first-order valence-corrected chi connectivity index (χ1v) is 14.1. The molecule has 0 unspecified atom stereocenters.